The third kappa shape index (κ3) is 3.98. The van der Waals surface area contributed by atoms with Gasteiger partial charge in [0.05, 0.1) is 18.6 Å². The number of sulfonamides is 1. The average Bonchev–Trinajstić information content (AvgIpc) is 2.52. The predicted molar refractivity (Wildman–Crippen MR) is 91.0 cm³/mol. The Kier molecular flexibility index (Phi) is 5.92. The molecule has 1 aromatic carbocycles. The molecule has 26 heavy (non-hydrogen) atoms. The molecule has 0 radical (unpaired) electrons. The second-order valence-corrected chi connectivity index (χ2v) is 8.11. The zero-order valence-corrected chi connectivity index (χ0v) is 16.0. The minimum absolute atomic E-state index is 0.00202. The van der Waals surface area contributed by atoms with E-state index in [1.54, 1.807) is 26.0 Å². The Morgan fingerprint density at radius 2 is 1.88 bits per heavy atom. The minimum Gasteiger partial charge on any atom is -0.497 e. The van der Waals surface area contributed by atoms with E-state index in [1.807, 2.05) is 0 Å². The van der Waals surface area contributed by atoms with Crippen LogP contribution in [0.3, 0.4) is 0 Å². The molecule has 0 aromatic heterocycles. The monoisotopic (exact) mass is 391 g/mol. The molecule has 1 aromatic rings. The number of benzene rings is 1. The van der Waals surface area contributed by atoms with E-state index in [1.165, 1.54) is 14.0 Å². The van der Waals surface area contributed by atoms with Gasteiger partial charge in [0.2, 0.25) is 10.0 Å². The van der Waals surface area contributed by atoms with Crippen LogP contribution in [-0.4, -0.2) is 50.9 Å². The number of hydrogen-bond acceptors (Lipinski definition) is 5. The Morgan fingerprint density at radius 1 is 1.31 bits per heavy atom. The highest BCUT2D eigenvalue weighted by atomic mass is 32.2. The Bertz CT molecular complexity index is 771. The molecule has 146 valence electrons. The van der Waals surface area contributed by atoms with Crippen molar-refractivity contribution in [3.05, 3.63) is 23.3 Å². The molecule has 1 atom stereocenters. The van der Waals surface area contributed by atoms with Crippen molar-refractivity contribution >= 4 is 16.0 Å². The lowest BCUT2D eigenvalue weighted by Crippen LogP contribution is -2.53. The van der Waals surface area contributed by atoms with Crippen molar-refractivity contribution < 1.29 is 31.5 Å². The SMILES string of the molecule is CCOC(=O)C1CC(F)(F)CCN1S(=O)(=O)c1c(C)cc(OC)cc1C. The van der Waals surface area contributed by atoms with Crippen molar-refractivity contribution in [3.8, 4) is 5.75 Å². The molecule has 0 N–H and O–H groups in total. The van der Waals surface area contributed by atoms with Gasteiger partial charge in [-0.1, -0.05) is 0 Å². The topological polar surface area (TPSA) is 72.9 Å². The molecule has 1 aliphatic heterocycles. The Morgan fingerprint density at radius 3 is 2.38 bits per heavy atom. The van der Waals surface area contributed by atoms with Crippen LogP contribution in [0.1, 0.15) is 30.9 Å². The van der Waals surface area contributed by atoms with Gasteiger partial charge in [0.15, 0.2) is 0 Å². The number of hydrogen-bond donors (Lipinski definition) is 0. The summed E-state index contributed by atoms with van der Waals surface area (Å²) in [6.07, 6.45) is -1.53. The predicted octanol–water partition coefficient (Wildman–Crippen LogP) is 2.66. The highest BCUT2D eigenvalue weighted by Crippen LogP contribution is 2.37. The summed E-state index contributed by atoms with van der Waals surface area (Å²) in [6.45, 7) is 4.26. The lowest BCUT2D eigenvalue weighted by molar-refractivity contribution is -0.155. The van der Waals surface area contributed by atoms with Gasteiger partial charge in [0.1, 0.15) is 11.8 Å². The van der Waals surface area contributed by atoms with E-state index >= 15 is 0 Å². The molecule has 9 heteroatoms. The number of aryl methyl sites for hydroxylation is 2. The van der Waals surface area contributed by atoms with Gasteiger partial charge in [-0.25, -0.2) is 17.2 Å². The molecular weight excluding hydrogens is 368 g/mol. The first-order chi connectivity index (χ1) is 12.0. The van der Waals surface area contributed by atoms with Gasteiger partial charge in [-0.3, -0.25) is 4.79 Å². The number of carbonyl (C=O) groups excluding carboxylic acids is 1. The fourth-order valence-corrected chi connectivity index (χ4v) is 5.19. The molecule has 0 saturated carbocycles. The first kappa shape index (κ1) is 20.6. The Balaban J connectivity index is 2.51. The second kappa shape index (κ2) is 7.48. The molecule has 0 spiro atoms. The fraction of sp³-hybridized carbons (Fsp3) is 0.588. The summed E-state index contributed by atoms with van der Waals surface area (Å²) in [5.41, 5.74) is 0.837. The summed E-state index contributed by atoms with van der Waals surface area (Å²) < 4.78 is 64.8. The van der Waals surface area contributed by atoms with Crippen molar-refractivity contribution in [2.75, 3.05) is 20.3 Å². The maximum Gasteiger partial charge on any atom is 0.324 e. The van der Waals surface area contributed by atoms with Gasteiger partial charge in [-0.15, -0.1) is 0 Å². The van der Waals surface area contributed by atoms with E-state index in [9.17, 15) is 22.0 Å². The van der Waals surface area contributed by atoms with Crippen LogP contribution < -0.4 is 4.74 Å². The van der Waals surface area contributed by atoms with Crippen LogP contribution in [0.15, 0.2) is 17.0 Å². The van der Waals surface area contributed by atoms with Crippen LogP contribution >= 0.6 is 0 Å². The molecular formula is C17H23F2NO5S. The van der Waals surface area contributed by atoms with E-state index in [0.717, 1.165) is 4.31 Å². The maximum absolute atomic E-state index is 13.8. The first-order valence-electron chi connectivity index (χ1n) is 8.25. The van der Waals surface area contributed by atoms with Gasteiger partial charge in [0.25, 0.3) is 5.92 Å². The number of rotatable bonds is 5. The molecule has 1 aliphatic rings. The van der Waals surface area contributed by atoms with Crippen molar-refractivity contribution in [2.24, 2.45) is 0 Å². The summed E-state index contributed by atoms with van der Waals surface area (Å²) in [4.78, 5) is 12.2. The van der Waals surface area contributed by atoms with Crippen LogP contribution in [-0.2, 0) is 19.6 Å². The van der Waals surface area contributed by atoms with Gasteiger partial charge in [-0.2, -0.15) is 4.31 Å². The molecule has 2 rings (SSSR count). The van der Waals surface area contributed by atoms with E-state index in [4.69, 9.17) is 9.47 Å². The normalized spacial score (nSPS) is 20.6. The standard InChI is InChI=1S/C17H23F2NO5S/c1-5-25-16(21)14-10-17(18,19)6-7-20(14)26(22,23)15-11(2)8-13(24-4)9-12(15)3/h8-9,14H,5-7,10H2,1-4H3. The van der Waals surface area contributed by atoms with Gasteiger partial charge in [-0.05, 0) is 44.0 Å². The van der Waals surface area contributed by atoms with Crippen LogP contribution in [0, 0.1) is 13.8 Å². The van der Waals surface area contributed by atoms with E-state index in [2.05, 4.69) is 0 Å². The zero-order valence-electron chi connectivity index (χ0n) is 15.2. The van der Waals surface area contributed by atoms with Crippen molar-refractivity contribution in [1.82, 2.24) is 4.31 Å². The third-order valence-corrected chi connectivity index (χ3v) is 6.55. The van der Waals surface area contributed by atoms with Crippen molar-refractivity contribution in [1.29, 1.82) is 0 Å². The number of esters is 1. The van der Waals surface area contributed by atoms with Crippen LogP contribution in [0.5, 0.6) is 5.75 Å². The van der Waals surface area contributed by atoms with E-state index in [0.29, 0.717) is 16.9 Å². The molecule has 0 bridgehead atoms. The summed E-state index contributed by atoms with van der Waals surface area (Å²) in [5, 5.41) is 0. The summed E-state index contributed by atoms with van der Waals surface area (Å²) in [5.74, 6) is -3.58. The van der Waals surface area contributed by atoms with E-state index < -0.39 is 47.3 Å². The van der Waals surface area contributed by atoms with Crippen molar-refractivity contribution in [2.45, 2.75) is 50.5 Å². The number of halogens is 2. The number of nitrogens with zero attached hydrogens (tertiary/aromatic N) is 1. The smallest absolute Gasteiger partial charge is 0.324 e. The summed E-state index contributed by atoms with van der Waals surface area (Å²) in [7, 11) is -2.70. The van der Waals surface area contributed by atoms with E-state index in [-0.39, 0.29) is 11.5 Å². The molecule has 0 aliphatic carbocycles. The van der Waals surface area contributed by atoms with Crippen LogP contribution in [0.4, 0.5) is 8.78 Å². The van der Waals surface area contributed by atoms with Gasteiger partial charge < -0.3 is 9.47 Å². The van der Waals surface area contributed by atoms with Gasteiger partial charge in [0, 0.05) is 19.4 Å². The average molecular weight is 391 g/mol. The molecule has 1 fully saturated rings. The Hall–Kier alpha value is -1.74. The molecule has 1 unspecified atom stereocenters. The third-order valence-electron chi connectivity index (χ3n) is 4.33. The number of ether oxygens (including phenoxy) is 2. The number of carbonyl (C=O) groups is 1. The highest BCUT2D eigenvalue weighted by Gasteiger charge is 2.49. The zero-order chi connectivity index (χ0) is 19.7. The molecule has 6 nitrogen and oxygen atoms in total. The Labute approximate surface area is 152 Å². The second-order valence-electron chi connectivity index (χ2n) is 6.28. The van der Waals surface area contributed by atoms with Gasteiger partial charge >= 0.3 is 5.97 Å². The number of piperidine rings is 1. The molecule has 1 saturated heterocycles. The largest absolute Gasteiger partial charge is 0.497 e. The lowest BCUT2D eigenvalue weighted by atomic mass is 10.0. The molecule has 0 amide bonds. The van der Waals surface area contributed by atoms with Crippen molar-refractivity contribution in [3.63, 3.8) is 0 Å². The maximum atomic E-state index is 13.8. The molecule has 1 heterocycles. The fourth-order valence-electron chi connectivity index (χ4n) is 3.20. The van der Waals surface area contributed by atoms with Crippen LogP contribution in [0.25, 0.3) is 0 Å². The lowest BCUT2D eigenvalue weighted by Gasteiger charge is -2.37. The summed E-state index contributed by atoms with van der Waals surface area (Å²) in [6, 6.07) is 1.56. The summed E-state index contributed by atoms with van der Waals surface area (Å²) >= 11 is 0. The number of methoxy groups -OCH3 is 1. The van der Waals surface area contributed by atoms with Crippen LogP contribution in [0.2, 0.25) is 0 Å². The number of alkyl halides is 2. The quantitative estimate of drug-likeness (QED) is 0.722. The highest BCUT2D eigenvalue weighted by molar-refractivity contribution is 7.89. The minimum atomic E-state index is -4.17. The first-order valence-corrected chi connectivity index (χ1v) is 9.69.